The summed E-state index contributed by atoms with van der Waals surface area (Å²) in [7, 11) is 0. The minimum absolute atomic E-state index is 0.174. The van der Waals surface area contributed by atoms with E-state index in [9.17, 15) is 9.90 Å². The van der Waals surface area contributed by atoms with Crippen LogP contribution in [0.4, 0.5) is 0 Å². The van der Waals surface area contributed by atoms with Crippen LogP contribution >= 0.6 is 0 Å². The molecule has 2 aromatic carbocycles. The Morgan fingerprint density at radius 2 is 1.90 bits per heavy atom. The van der Waals surface area contributed by atoms with Crippen molar-refractivity contribution in [3.8, 4) is 0 Å². The number of allylic oxidation sites excluding steroid dienone is 1. The number of rotatable bonds is 4. The van der Waals surface area contributed by atoms with E-state index in [1.165, 1.54) is 18.4 Å². The molecule has 21 heavy (non-hydrogen) atoms. The van der Waals surface area contributed by atoms with Gasteiger partial charge in [-0.3, -0.25) is 4.79 Å². The molecule has 3 rings (SSSR count). The van der Waals surface area contributed by atoms with Crippen molar-refractivity contribution in [2.75, 3.05) is 0 Å². The number of benzene rings is 2. The Morgan fingerprint density at radius 3 is 2.67 bits per heavy atom. The Balaban J connectivity index is 1.77. The molecule has 0 amide bonds. The molecule has 2 heteroatoms. The lowest BCUT2D eigenvalue weighted by Crippen LogP contribution is -2.21. The van der Waals surface area contributed by atoms with Crippen LogP contribution in [-0.2, 0) is 0 Å². The van der Waals surface area contributed by atoms with Gasteiger partial charge in [0.05, 0.1) is 0 Å². The number of Topliss-reactive ketones (excluding diaryl/α,β-unsaturated/α-hetero) is 1. The van der Waals surface area contributed by atoms with Crippen molar-refractivity contribution >= 4 is 16.6 Å². The maximum absolute atomic E-state index is 12.4. The zero-order valence-electron chi connectivity index (χ0n) is 12.1. The molecule has 0 bridgehead atoms. The summed E-state index contributed by atoms with van der Waals surface area (Å²) in [6.45, 7) is 0. The van der Waals surface area contributed by atoms with Crippen molar-refractivity contribution in [1.29, 1.82) is 0 Å². The van der Waals surface area contributed by atoms with Gasteiger partial charge in [0, 0.05) is 12.0 Å². The van der Waals surface area contributed by atoms with Crippen LogP contribution in [0.2, 0.25) is 0 Å². The summed E-state index contributed by atoms with van der Waals surface area (Å²) in [6, 6.07) is 13.6. The Hall–Kier alpha value is -1.93. The summed E-state index contributed by atoms with van der Waals surface area (Å²) in [4.78, 5) is 12.4. The molecule has 1 N–H and O–H groups in total. The Kier molecular flexibility index (Phi) is 4.16. The summed E-state index contributed by atoms with van der Waals surface area (Å²) in [5, 5.41) is 12.3. The standard InChI is InChI=1S/C19H20O2/c20-18(12-14-6-2-1-3-7-14)19(21)17-11-10-15-8-4-5-9-16(15)13-17/h4-6,8-11,13,18,20H,1-3,7,12H2/t18-/m0/s1. The quantitative estimate of drug-likeness (QED) is 0.670. The molecular formula is C19H20O2. The van der Waals surface area contributed by atoms with E-state index >= 15 is 0 Å². The molecule has 0 heterocycles. The third kappa shape index (κ3) is 3.22. The smallest absolute Gasteiger partial charge is 0.191 e. The molecule has 2 nitrogen and oxygen atoms in total. The SMILES string of the molecule is O=C(c1ccc2ccccc2c1)[C@@H](O)CC1=CCCCC1. The highest BCUT2D eigenvalue weighted by Gasteiger charge is 2.19. The normalized spacial score (nSPS) is 16.5. The van der Waals surface area contributed by atoms with Crippen molar-refractivity contribution in [2.24, 2.45) is 0 Å². The van der Waals surface area contributed by atoms with Crippen molar-refractivity contribution < 1.29 is 9.90 Å². The van der Waals surface area contributed by atoms with E-state index in [4.69, 9.17) is 0 Å². The Labute approximate surface area is 125 Å². The van der Waals surface area contributed by atoms with Crippen LogP contribution in [0.25, 0.3) is 10.8 Å². The lowest BCUT2D eigenvalue weighted by molar-refractivity contribution is 0.0746. The molecule has 0 saturated carbocycles. The van der Waals surface area contributed by atoms with Gasteiger partial charge in [-0.1, -0.05) is 48.0 Å². The number of aliphatic hydroxyl groups excluding tert-OH is 1. The first-order chi connectivity index (χ1) is 10.2. The largest absolute Gasteiger partial charge is 0.385 e. The topological polar surface area (TPSA) is 37.3 Å². The molecule has 2 aromatic rings. The first-order valence-corrected chi connectivity index (χ1v) is 7.63. The van der Waals surface area contributed by atoms with E-state index in [2.05, 4.69) is 6.08 Å². The molecular weight excluding hydrogens is 260 g/mol. The lowest BCUT2D eigenvalue weighted by atomic mass is 9.92. The fourth-order valence-electron chi connectivity index (χ4n) is 2.97. The number of ketones is 1. The number of hydrogen-bond donors (Lipinski definition) is 1. The highest BCUT2D eigenvalue weighted by atomic mass is 16.3. The number of hydrogen-bond acceptors (Lipinski definition) is 2. The van der Waals surface area contributed by atoms with E-state index in [1.807, 2.05) is 42.5 Å². The first kappa shape index (κ1) is 14.0. The maximum Gasteiger partial charge on any atom is 0.191 e. The summed E-state index contributed by atoms with van der Waals surface area (Å²) >= 11 is 0. The predicted octanol–water partition coefficient (Wildman–Crippen LogP) is 4.27. The average Bonchev–Trinajstić information content (AvgIpc) is 2.54. The van der Waals surface area contributed by atoms with Crippen molar-refractivity contribution in [2.45, 2.75) is 38.2 Å². The summed E-state index contributed by atoms with van der Waals surface area (Å²) in [5.74, 6) is -0.174. The van der Waals surface area contributed by atoms with Crippen LogP contribution < -0.4 is 0 Å². The lowest BCUT2D eigenvalue weighted by Gasteiger charge is -2.16. The van der Waals surface area contributed by atoms with Gasteiger partial charge in [0.25, 0.3) is 0 Å². The third-order valence-corrected chi connectivity index (χ3v) is 4.18. The zero-order valence-corrected chi connectivity index (χ0v) is 12.1. The fraction of sp³-hybridized carbons (Fsp3) is 0.316. The minimum Gasteiger partial charge on any atom is -0.385 e. The molecule has 1 aliphatic rings. The van der Waals surface area contributed by atoms with E-state index in [-0.39, 0.29) is 5.78 Å². The van der Waals surface area contributed by atoms with Crippen LogP contribution in [0.3, 0.4) is 0 Å². The predicted molar refractivity (Wildman–Crippen MR) is 85.5 cm³/mol. The average molecular weight is 280 g/mol. The van der Waals surface area contributed by atoms with Gasteiger partial charge in [-0.2, -0.15) is 0 Å². The van der Waals surface area contributed by atoms with Gasteiger partial charge < -0.3 is 5.11 Å². The van der Waals surface area contributed by atoms with Crippen molar-refractivity contribution in [3.63, 3.8) is 0 Å². The second kappa shape index (κ2) is 6.23. The molecule has 0 aromatic heterocycles. The monoisotopic (exact) mass is 280 g/mol. The molecule has 108 valence electrons. The minimum atomic E-state index is -0.921. The number of carbonyl (C=O) groups is 1. The second-order valence-corrected chi connectivity index (χ2v) is 5.75. The highest BCUT2D eigenvalue weighted by molar-refractivity contribution is 6.02. The van der Waals surface area contributed by atoms with Crippen LogP contribution in [0.1, 0.15) is 42.5 Å². The van der Waals surface area contributed by atoms with Crippen LogP contribution in [0.15, 0.2) is 54.1 Å². The molecule has 0 radical (unpaired) electrons. The molecule has 0 aliphatic heterocycles. The van der Waals surface area contributed by atoms with Crippen LogP contribution in [-0.4, -0.2) is 17.0 Å². The van der Waals surface area contributed by atoms with Gasteiger partial charge in [0.2, 0.25) is 0 Å². The van der Waals surface area contributed by atoms with E-state index in [0.717, 1.165) is 23.6 Å². The van der Waals surface area contributed by atoms with Gasteiger partial charge in [-0.25, -0.2) is 0 Å². The van der Waals surface area contributed by atoms with Crippen molar-refractivity contribution in [1.82, 2.24) is 0 Å². The second-order valence-electron chi connectivity index (χ2n) is 5.75. The summed E-state index contributed by atoms with van der Waals surface area (Å²) in [6.07, 6.45) is 6.22. The molecule has 1 aliphatic carbocycles. The van der Waals surface area contributed by atoms with Gasteiger partial charge in [-0.05, 0) is 42.5 Å². The first-order valence-electron chi connectivity index (χ1n) is 7.63. The number of carbonyl (C=O) groups excluding carboxylic acids is 1. The molecule has 0 fully saturated rings. The van der Waals surface area contributed by atoms with Gasteiger partial charge >= 0.3 is 0 Å². The number of aliphatic hydroxyl groups is 1. The maximum atomic E-state index is 12.4. The summed E-state index contributed by atoms with van der Waals surface area (Å²) < 4.78 is 0. The highest BCUT2D eigenvalue weighted by Crippen LogP contribution is 2.23. The number of fused-ring (bicyclic) bond motifs is 1. The van der Waals surface area contributed by atoms with Crippen LogP contribution in [0.5, 0.6) is 0 Å². The van der Waals surface area contributed by atoms with Gasteiger partial charge in [0.1, 0.15) is 6.10 Å². The molecule has 1 atom stereocenters. The van der Waals surface area contributed by atoms with E-state index in [0.29, 0.717) is 12.0 Å². The van der Waals surface area contributed by atoms with E-state index < -0.39 is 6.10 Å². The Morgan fingerprint density at radius 1 is 1.10 bits per heavy atom. The third-order valence-electron chi connectivity index (χ3n) is 4.18. The van der Waals surface area contributed by atoms with Gasteiger partial charge in [0.15, 0.2) is 5.78 Å². The van der Waals surface area contributed by atoms with Crippen molar-refractivity contribution in [3.05, 3.63) is 59.7 Å². The zero-order chi connectivity index (χ0) is 14.7. The molecule has 0 unspecified atom stereocenters. The van der Waals surface area contributed by atoms with Crippen LogP contribution in [0, 0.1) is 0 Å². The Bertz CT molecular complexity index is 685. The van der Waals surface area contributed by atoms with E-state index in [1.54, 1.807) is 0 Å². The summed E-state index contributed by atoms with van der Waals surface area (Å²) in [5.41, 5.74) is 1.82. The molecule has 0 saturated heterocycles. The van der Waals surface area contributed by atoms with Gasteiger partial charge in [-0.15, -0.1) is 0 Å². The molecule has 0 spiro atoms. The fourth-order valence-corrected chi connectivity index (χ4v) is 2.97.